The molecule has 4 aromatic rings. The fraction of sp³-hybridized carbons (Fsp3) is 0.303. The number of carbonyl (C=O) groups excluding carboxylic acids is 1. The molecule has 0 saturated carbocycles. The molecule has 1 aromatic heterocycles. The van der Waals surface area contributed by atoms with Crippen molar-refractivity contribution < 1.29 is 14.3 Å². The summed E-state index contributed by atoms with van der Waals surface area (Å²) in [6, 6.07) is 30.1. The van der Waals surface area contributed by atoms with E-state index in [1.807, 2.05) is 54.6 Å². The SMILES string of the molecule is CCOC(=O)COc1cccc2c1CCCC2CCn1nc(C(c2ccccc2)c2ccccc2)ccc1=O. The van der Waals surface area contributed by atoms with E-state index in [4.69, 9.17) is 14.6 Å². The van der Waals surface area contributed by atoms with Gasteiger partial charge in [0.1, 0.15) is 5.75 Å². The average molecular weight is 523 g/mol. The quantitative estimate of drug-likeness (QED) is 0.244. The highest BCUT2D eigenvalue weighted by molar-refractivity contribution is 5.71. The number of hydrogen-bond donors (Lipinski definition) is 0. The standard InChI is InChI=1S/C33H34N2O4/c1-2-38-32(37)23-39-30-18-10-16-27-24(15-9-17-28(27)30)21-22-35-31(36)20-19-29(34-35)33(25-11-5-3-6-12-25)26-13-7-4-8-14-26/h3-8,10-14,16,18-20,24,33H,2,9,15,17,21-23H2,1H3. The number of carbonyl (C=O) groups is 1. The van der Waals surface area contributed by atoms with E-state index < -0.39 is 0 Å². The van der Waals surface area contributed by atoms with Crippen LogP contribution in [0, 0.1) is 0 Å². The van der Waals surface area contributed by atoms with Gasteiger partial charge in [-0.25, -0.2) is 9.48 Å². The monoisotopic (exact) mass is 522 g/mol. The molecule has 0 saturated heterocycles. The third-order valence-corrected chi connectivity index (χ3v) is 7.38. The van der Waals surface area contributed by atoms with E-state index >= 15 is 0 Å². The van der Waals surface area contributed by atoms with E-state index in [0.717, 1.165) is 53.8 Å². The molecule has 0 N–H and O–H groups in total. The van der Waals surface area contributed by atoms with Crippen molar-refractivity contribution in [1.82, 2.24) is 9.78 Å². The fourth-order valence-electron chi connectivity index (χ4n) is 5.57. The lowest BCUT2D eigenvalue weighted by Gasteiger charge is -2.27. The van der Waals surface area contributed by atoms with Gasteiger partial charge in [0.05, 0.1) is 18.2 Å². The van der Waals surface area contributed by atoms with Gasteiger partial charge in [0.25, 0.3) is 5.56 Å². The minimum atomic E-state index is -0.364. The van der Waals surface area contributed by atoms with Gasteiger partial charge in [-0.3, -0.25) is 4.79 Å². The van der Waals surface area contributed by atoms with Gasteiger partial charge < -0.3 is 9.47 Å². The minimum Gasteiger partial charge on any atom is -0.482 e. The van der Waals surface area contributed by atoms with Crippen LogP contribution in [0.5, 0.6) is 5.75 Å². The molecule has 0 radical (unpaired) electrons. The Bertz CT molecular complexity index is 1410. The summed E-state index contributed by atoms with van der Waals surface area (Å²) in [7, 11) is 0. The molecule has 39 heavy (non-hydrogen) atoms. The average Bonchev–Trinajstić information content (AvgIpc) is 2.97. The zero-order valence-corrected chi connectivity index (χ0v) is 22.3. The predicted octanol–water partition coefficient (Wildman–Crippen LogP) is 5.88. The third-order valence-electron chi connectivity index (χ3n) is 7.38. The van der Waals surface area contributed by atoms with Crippen LogP contribution >= 0.6 is 0 Å². The van der Waals surface area contributed by atoms with Crippen LogP contribution in [-0.2, 0) is 22.5 Å². The Morgan fingerprint density at radius 1 is 0.949 bits per heavy atom. The molecule has 0 bridgehead atoms. The van der Waals surface area contributed by atoms with E-state index in [0.29, 0.717) is 13.2 Å². The van der Waals surface area contributed by atoms with Gasteiger partial charge in [-0.2, -0.15) is 5.10 Å². The summed E-state index contributed by atoms with van der Waals surface area (Å²) in [5, 5.41) is 4.88. The second kappa shape index (κ2) is 12.6. The maximum absolute atomic E-state index is 12.9. The summed E-state index contributed by atoms with van der Waals surface area (Å²) in [6.45, 7) is 2.56. The zero-order valence-electron chi connectivity index (χ0n) is 22.3. The zero-order chi connectivity index (χ0) is 27.0. The largest absolute Gasteiger partial charge is 0.482 e. The first-order valence-electron chi connectivity index (χ1n) is 13.7. The topological polar surface area (TPSA) is 70.4 Å². The fourth-order valence-corrected chi connectivity index (χ4v) is 5.57. The number of hydrogen-bond acceptors (Lipinski definition) is 5. The number of ether oxygens (including phenoxy) is 2. The Morgan fingerprint density at radius 2 is 1.67 bits per heavy atom. The van der Waals surface area contributed by atoms with E-state index in [1.54, 1.807) is 17.7 Å². The summed E-state index contributed by atoms with van der Waals surface area (Å²) in [4.78, 5) is 24.7. The number of fused-ring (bicyclic) bond motifs is 1. The van der Waals surface area contributed by atoms with Gasteiger partial charge in [0, 0.05) is 12.6 Å². The van der Waals surface area contributed by atoms with Crippen LogP contribution in [0.2, 0.25) is 0 Å². The van der Waals surface area contributed by atoms with Crippen LogP contribution in [0.15, 0.2) is 95.8 Å². The number of benzene rings is 3. The molecule has 6 nitrogen and oxygen atoms in total. The summed E-state index contributed by atoms with van der Waals surface area (Å²) in [5.41, 5.74) is 5.42. The molecule has 0 fully saturated rings. The highest BCUT2D eigenvalue weighted by atomic mass is 16.6. The van der Waals surface area contributed by atoms with Crippen molar-refractivity contribution in [3.63, 3.8) is 0 Å². The van der Waals surface area contributed by atoms with Crippen molar-refractivity contribution in [2.45, 2.75) is 51.0 Å². The Labute approximate surface area is 229 Å². The normalized spacial score (nSPS) is 14.6. The van der Waals surface area contributed by atoms with Crippen LogP contribution in [0.1, 0.15) is 66.0 Å². The molecule has 6 heteroatoms. The van der Waals surface area contributed by atoms with Gasteiger partial charge in [-0.05, 0) is 72.9 Å². The third kappa shape index (κ3) is 6.28. The number of aryl methyl sites for hydroxylation is 1. The highest BCUT2D eigenvalue weighted by Gasteiger charge is 2.24. The van der Waals surface area contributed by atoms with Crippen LogP contribution in [0.4, 0.5) is 0 Å². The summed E-state index contributed by atoms with van der Waals surface area (Å²) >= 11 is 0. The van der Waals surface area contributed by atoms with Gasteiger partial charge in [-0.1, -0.05) is 72.8 Å². The Hall–Kier alpha value is -4.19. The minimum absolute atomic E-state index is 0.0613. The van der Waals surface area contributed by atoms with Gasteiger partial charge >= 0.3 is 5.97 Å². The van der Waals surface area contributed by atoms with Crippen LogP contribution in [-0.4, -0.2) is 29.0 Å². The van der Waals surface area contributed by atoms with Crippen molar-refractivity contribution >= 4 is 5.97 Å². The molecular weight excluding hydrogens is 488 g/mol. The summed E-state index contributed by atoms with van der Waals surface area (Å²) in [6.07, 6.45) is 3.78. The Morgan fingerprint density at radius 3 is 2.36 bits per heavy atom. The number of esters is 1. The second-order valence-electron chi connectivity index (χ2n) is 9.87. The molecule has 1 atom stereocenters. The van der Waals surface area contributed by atoms with E-state index in [2.05, 4.69) is 30.3 Å². The second-order valence-corrected chi connectivity index (χ2v) is 9.87. The van der Waals surface area contributed by atoms with Crippen molar-refractivity contribution in [2.75, 3.05) is 13.2 Å². The highest BCUT2D eigenvalue weighted by Crippen LogP contribution is 2.38. The number of nitrogens with zero attached hydrogens (tertiary/aromatic N) is 2. The van der Waals surface area contributed by atoms with E-state index in [-0.39, 0.29) is 30.0 Å². The van der Waals surface area contributed by atoms with Crippen molar-refractivity contribution in [3.8, 4) is 5.75 Å². The van der Waals surface area contributed by atoms with Crippen molar-refractivity contribution in [3.05, 3.63) is 129 Å². The molecule has 200 valence electrons. The molecule has 0 aliphatic heterocycles. The first kappa shape index (κ1) is 26.4. The summed E-state index contributed by atoms with van der Waals surface area (Å²) in [5.74, 6) is 0.610. The van der Waals surface area contributed by atoms with Crippen molar-refractivity contribution in [1.29, 1.82) is 0 Å². The molecule has 1 heterocycles. The molecular formula is C33H34N2O4. The van der Waals surface area contributed by atoms with Crippen LogP contribution < -0.4 is 10.3 Å². The molecule has 5 rings (SSSR count). The van der Waals surface area contributed by atoms with Crippen molar-refractivity contribution in [2.24, 2.45) is 0 Å². The van der Waals surface area contributed by atoms with E-state index in [9.17, 15) is 9.59 Å². The van der Waals surface area contributed by atoms with Crippen LogP contribution in [0.3, 0.4) is 0 Å². The molecule has 3 aromatic carbocycles. The van der Waals surface area contributed by atoms with Crippen LogP contribution in [0.25, 0.3) is 0 Å². The number of aromatic nitrogens is 2. The molecule has 0 spiro atoms. The predicted molar refractivity (Wildman–Crippen MR) is 151 cm³/mol. The maximum atomic E-state index is 12.9. The lowest BCUT2D eigenvalue weighted by atomic mass is 9.80. The smallest absolute Gasteiger partial charge is 0.344 e. The Kier molecular flexibility index (Phi) is 8.51. The summed E-state index contributed by atoms with van der Waals surface area (Å²) < 4.78 is 12.5. The first-order chi connectivity index (χ1) is 19.1. The van der Waals surface area contributed by atoms with Gasteiger partial charge in [-0.15, -0.1) is 0 Å². The lowest BCUT2D eigenvalue weighted by molar-refractivity contribution is -0.145. The molecule has 1 aliphatic rings. The lowest BCUT2D eigenvalue weighted by Crippen LogP contribution is -2.26. The van der Waals surface area contributed by atoms with E-state index in [1.165, 1.54) is 5.56 Å². The first-order valence-corrected chi connectivity index (χ1v) is 13.7. The Balaban J connectivity index is 1.37. The maximum Gasteiger partial charge on any atom is 0.344 e. The number of rotatable bonds is 10. The molecule has 1 unspecified atom stereocenters. The van der Waals surface area contributed by atoms with Gasteiger partial charge in [0.2, 0.25) is 0 Å². The molecule has 1 aliphatic carbocycles. The van der Waals surface area contributed by atoms with Gasteiger partial charge in [0.15, 0.2) is 6.61 Å². The molecule has 0 amide bonds.